The third kappa shape index (κ3) is 3.26. The van der Waals surface area contributed by atoms with Crippen LogP contribution in [-0.2, 0) is 0 Å². The summed E-state index contributed by atoms with van der Waals surface area (Å²) < 4.78 is 0. The molecule has 3 N–H and O–H groups in total. The number of amides is 1. The molecule has 1 unspecified atom stereocenters. The number of carbonyl (C=O) groups excluding carboxylic acids is 1. The SMILES string of the molecule is Nc1cc(C(=O)NCC2CC=CCC2)ccc1Cl. The topological polar surface area (TPSA) is 55.1 Å². The van der Waals surface area contributed by atoms with Gasteiger partial charge in [0.05, 0.1) is 10.7 Å². The van der Waals surface area contributed by atoms with Crippen molar-refractivity contribution in [2.75, 3.05) is 12.3 Å². The minimum Gasteiger partial charge on any atom is -0.398 e. The van der Waals surface area contributed by atoms with E-state index in [1.807, 2.05) is 0 Å². The molecule has 0 saturated carbocycles. The van der Waals surface area contributed by atoms with Gasteiger partial charge in [0, 0.05) is 12.1 Å². The molecular weight excluding hydrogens is 248 g/mol. The second kappa shape index (κ2) is 5.91. The van der Waals surface area contributed by atoms with Crippen molar-refractivity contribution in [2.45, 2.75) is 19.3 Å². The van der Waals surface area contributed by atoms with Gasteiger partial charge >= 0.3 is 0 Å². The summed E-state index contributed by atoms with van der Waals surface area (Å²) in [5.74, 6) is 0.455. The molecule has 1 aliphatic rings. The lowest BCUT2D eigenvalue weighted by Crippen LogP contribution is -2.29. The number of benzene rings is 1. The van der Waals surface area contributed by atoms with Gasteiger partial charge in [0.1, 0.15) is 0 Å². The monoisotopic (exact) mass is 264 g/mol. The van der Waals surface area contributed by atoms with Crippen LogP contribution in [0.5, 0.6) is 0 Å². The molecule has 0 aliphatic heterocycles. The highest BCUT2D eigenvalue weighted by molar-refractivity contribution is 6.33. The molecular formula is C14H17ClN2O. The number of carbonyl (C=O) groups is 1. The fourth-order valence-electron chi connectivity index (χ4n) is 2.07. The van der Waals surface area contributed by atoms with Crippen LogP contribution in [0.15, 0.2) is 30.4 Å². The van der Waals surface area contributed by atoms with E-state index in [2.05, 4.69) is 17.5 Å². The Morgan fingerprint density at radius 2 is 2.28 bits per heavy atom. The van der Waals surface area contributed by atoms with Crippen LogP contribution in [0.25, 0.3) is 0 Å². The van der Waals surface area contributed by atoms with Gasteiger partial charge in [0.15, 0.2) is 0 Å². The normalized spacial score (nSPS) is 18.6. The first-order valence-corrected chi connectivity index (χ1v) is 6.53. The fourth-order valence-corrected chi connectivity index (χ4v) is 2.18. The lowest BCUT2D eigenvalue weighted by Gasteiger charge is -2.18. The van der Waals surface area contributed by atoms with E-state index in [9.17, 15) is 4.79 Å². The van der Waals surface area contributed by atoms with Crippen molar-refractivity contribution in [3.8, 4) is 0 Å². The molecule has 0 saturated heterocycles. The summed E-state index contributed by atoms with van der Waals surface area (Å²) in [5, 5.41) is 3.42. The van der Waals surface area contributed by atoms with E-state index in [4.69, 9.17) is 17.3 Å². The number of halogens is 1. The second-order valence-corrected chi connectivity index (χ2v) is 5.00. The first kappa shape index (κ1) is 13.0. The highest BCUT2D eigenvalue weighted by Gasteiger charge is 2.12. The second-order valence-electron chi connectivity index (χ2n) is 4.60. The zero-order valence-electron chi connectivity index (χ0n) is 10.2. The van der Waals surface area contributed by atoms with E-state index < -0.39 is 0 Å². The maximum atomic E-state index is 11.9. The standard InChI is InChI=1S/C14H17ClN2O/c15-12-7-6-11(8-13(12)16)14(18)17-9-10-4-2-1-3-5-10/h1-2,6-8,10H,3-5,9,16H2,(H,17,18). The molecule has 18 heavy (non-hydrogen) atoms. The number of hydrogen-bond donors (Lipinski definition) is 2. The van der Waals surface area contributed by atoms with E-state index >= 15 is 0 Å². The molecule has 1 atom stereocenters. The van der Waals surface area contributed by atoms with Gasteiger partial charge in [-0.05, 0) is 43.4 Å². The molecule has 4 heteroatoms. The first-order chi connectivity index (χ1) is 8.66. The molecule has 0 bridgehead atoms. The van der Waals surface area contributed by atoms with Crippen LogP contribution in [0, 0.1) is 5.92 Å². The van der Waals surface area contributed by atoms with Crippen LogP contribution < -0.4 is 11.1 Å². The van der Waals surface area contributed by atoms with E-state index in [0.717, 1.165) is 19.3 Å². The molecule has 3 nitrogen and oxygen atoms in total. The van der Waals surface area contributed by atoms with Crippen molar-refractivity contribution in [1.29, 1.82) is 0 Å². The Morgan fingerprint density at radius 3 is 2.94 bits per heavy atom. The van der Waals surface area contributed by atoms with Gasteiger partial charge in [-0.15, -0.1) is 0 Å². The Morgan fingerprint density at radius 1 is 1.44 bits per heavy atom. The van der Waals surface area contributed by atoms with Crippen LogP contribution in [0.2, 0.25) is 5.02 Å². The Balaban J connectivity index is 1.91. The average Bonchev–Trinajstić information content (AvgIpc) is 2.40. The summed E-state index contributed by atoms with van der Waals surface area (Å²) in [6.45, 7) is 0.714. The first-order valence-electron chi connectivity index (χ1n) is 6.15. The molecule has 0 fully saturated rings. The van der Waals surface area contributed by atoms with Crippen molar-refractivity contribution in [1.82, 2.24) is 5.32 Å². The number of hydrogen-bond acceptors (Lipinski definition) is 2. The molecule has 2 rings (SSSR count). The Hall–Kier alpha value is -1.48. The summed E-state index contributed by atoms with van der Waals surface area (Å²) >= 11 is 5.82. The summed E-state index contributed by atoms with van der Waals surface area (Å²) in [4.78, 5) is 11.9. The molecule has 1 aromatic carbocycles. The Kier molecular flexibility index (Phi) is 4.26. The van der Waals surface area contributed by atoms with E-state index in [-0.39, 0.29) is 5.91 Å². The van der Waals surface area contributed by atoms with E-state index in [1.54, 1.807) is 18.2 Å². The molecule has 0 spiro atoms. The maximum absolute atomic E-state index is 11.9. The van der Waals surface area contributed by atoms with Gasteiger partial charge in [0.25, 0.3) is 5.91 Å². The van der Waals surface area contributed by atoms with Crippen LogP contribution in [0.1, 0.15) is 29.6 Å². The van der Waals surface area contributed by atoms with Gasteiger partial charge in [-0.3, -0.25) is 4.79 Å². The van der Waals surface area contributed by atoms with Crippen molar-refractivity contribution in [2.24, 2.45) is 5.92 Å². The highest BCUT2D eigenvalue weighted by Crippen LogP contribution is 2.20. The van der Waals surface area contributed by atoms with Gasteiger partial charge < -0.3 is 11.1 Å². The molecule has 0 heterocycles. The van der Waals surface area contributed by atoms with Gasteiger partial charge in [-0.2, -0.15) is 0 Å². The average molecular weight is 265 g/mol. The molecule has 1 amide bonds. The van der Waals surface area contributed by atoms with Gasteiger partial charge in [-0.25, -0.2) is 0 Å². The van der Waals surface area contributed by atoms with E-state index in [0.29, 0.717) is 28.7 Å². The van der Waals surface area contributed by atoms with Gasteiger partial charge in [0.2, 0.25) is 0 Å². The molecule has 0 radical (unpaired) electrons. The molecule has 96 valence electrons. The number of nitrogens with one attached hydrogen (secondary N) is 1. The predicted molar refractivity (Wildman–Crippen MR) is 74.7 cm³/mol. The summed E-state index contributed by atoms with van der Waals surface area (Å²) in [5.41, 5.74) is 6.67. The Labute approximate surface area is 112 Å². The minimum absolute atomic E-state index is 0.0899. The third-order valence-corrected chi connectivity index (χ3v) is 3.53. The zero-order valence-corrected chi connectivity index (χ0v) is 10.9. The van der Waals surface area contributed by atoms with E-state index in [1.165, 1.54) is 0 Å². The Bertz CT molecular complexity index is 471. The predicted octanol–water partition coefficient (Wildman–Crippen LogP) is 3.01. The fraction of sp³-hybridized carbons (Fsp3) is 0.357. The van der Waals surface area contributed by atoms with Crippen LogP contribution in [-0.4, -0.2) is 12.5 Å². The van der Waals surface area contributed by atoms with Crippen LogP contribution >= 0.6 is 11.6 Å². The summed E-state index contributed by atoms with van der Waals surface area (Å²) in [6.07, 6.45) is 7.66. The highest BCUT2D eigenvalue weighted by atomic mass is 35.5. The lowest BCUT2D eigenvalue weighted by atomic mass is 9.94. The summed E-state index contributed by atoms with van der Waals surface area (Å²) in [6, 6.07) is 4.95. The number of nitrogen functional groups attached to an aromatic ring is 1. The van der Waals surface area contributed by atoms with Crippen molar-refractivity contribution >= 4 is 23.2 Å². The number of rotatable bonds is 3. The largest absolute Gasteiger partial charge is 0.398 e. The van der Waals surface area contributed by atoms with Gasteiger partial charge in [-0.1, -0.05) is 23.8 Å². The lowest BCUT2D eigenvalue weighted by molar-refractivity contribution is 0.0946. The van der Waals surface area contributed by atoms with Crippen molar-refractivity contribution in [3.05, 3.63) is 40.9 Å². The van der Waals surface area contributed by atoms with Crippen molar-refractivity contribution in [3.63, 3.8) is 0 Å². The zero-order chi connectivity index (χ0) is 13.0. The third-order valence-electron chi connectivity index (χ3n) is 3.19. The minimum atomic E-state index is -0.0899. The molecule has 1 aliphatic carbocycles. The smallest absolute Gasteiger partial charge is 0.251 e. The quantitative estimate of drug-likeness (QED) is 0.651. The van der Waals surface area contributed by atoms with Crippen LogP contribution in [0.4, 0.5) is 5.69 Å². The number of nitrogens with two attached hydrogens (primary N) is 1. The maximum Gasteiger partial charge on any atom is 0.251 e. The number of anilines is 1. The number of allylic oxidation sites excluding steroid dienone is 2. The van der Waals surface area contributed by atoms with Crippen molar-refractivity contribution < 1.29 is 4.79 Å². The molecule has 1 aromatic rings. The summed E-state index contributed by atoms with van der Waals surface area (Å²) in [7, 11) is 0. The van der Waals surface area contributed by atoms with Crippen LogP contribution in [0.3, 0.4) is 0 Å². The molecule has 0 aromatic heterocycles.